The molecule has 0 amide bonds. The number of carbonyl (C=O) groups excluding carboxylic acids is 1. The molecule has 0 N–H and O–H groups in total. The predicted octanol–water partition coefficient (Wildman–Crippen LogP) is 2.43. The van der Waals surface area contributed by atoms with Crippen LogP contribution in [0.15, 0.2) is 30.5 Å². The number of esters is 1. The predicted molar refractivity (Wildman–Crippen MR) is 54.5 cm³/mol. The number of hydrogen-bond donors (Lipinski definition) is 0. The molecule has 2 aromatic rings. The van der Waals surface area contributed by atoms with Gasteiger partial charge in [0.25, 0.3) is 0 Å². The summed E-state index contributed by atoms with van der Waals surface area (Å²) >= 11 is 5.89. The van der Waals surface area contributed by atoms with Crippen molar-refractivity contribution in [3.63, 3.8) is 0 Å². The Kier molecular flexibility index (Phi) is 2.17. The minimum atomic E-state index is -0.374. The average Bonchev–Trinajstić information content (AvgIpc) is 2.56. The van der Waals surface area contributed by atoms with Crippen LogP contribution in [-0.2, 0) is 4.74 Å². The molecule has 1 aromatic carbocycles. The smallest absolute Gasteiger partial charge is 0.340 e. The Hall–Kier alpha value is -1.48. The molecule has 72 valence electrons. The van der Waals surface area contributed by atoms with Gasteiger partial charge >= 0.3 is 5.97 Å². The van der Waals surface area contributed by atoms with Crippen LogP contribution in [0.1, 0.15) is 10.4 Å². The SMILES string of the molecule is COC(=O)c1cn(Cl)c2ccccc12. The van der Waals surface area contributed by atoms with Gasteiger partial charge in [0.1, 0.15) is 0 Å². The molecule has 0 saturated heterocycles. The fourth-order valence-corrected chi connectivity index (χ4v) is 1.66. The molecule has 0 unspecified atom stereocenters. The third-order valence-corrected chi connectivity index (χ3v) is 2.35. The van der Waals surface area contributed by atoms with Crippen molar-refractivity contribution >= 4 is 28.6 Å². The Bertz CT molecular complexity index is 490. The highest BCUT2D eigenvalue weighted by Gasteiger charge is 2.13. The average molecular weight is 210 g/mol. The van der Waals surface area contributed by atoms with Crippen molar-refractivity contribution in [2.24, 2.45) is 0 Å². The van der Waals surface area contributed by atoms with Gasteiger partial charge < -0.3 is 4.74 Å². The summed E-state index contributed by atoms with van der Waals surface area (Å²) in [6, 6.07) is 7.39. The highest BCUT2D eigenvalue weighted by Crippen LogP contribution is 2.22. The second kappa shape index (κ2) is 3.35. The molecule has 0 saturated carbocycles. The van der Waals surface area contributed by atoms with E-state index in [0.717, 1.165) is 10.9 Å². The van der Waals surface area contributed by atoms with E-state index in [0.29, 0.717) is 5.56 Å². The lowest BCUT2D eigenvalue weighted by molar-refractivity contribution is 0.0603. The number of halogens is 1. The van der Waals surface area contributed by atoms with Crippen LogP contribution < -0.4 is 0 Å². The molecule has 3 nitrogen and oxygen atoms in total. The van der Waals surface area contributed by atoms with E-state index >= 15 is 0 Å². The van der Waals surface area contributed by atoms with Gasteiger partial charge in [-0.3, -0.25) is 4.09 Å². The molecule has 0 atom stereocenters. The van der Waals surface area contributed by atoms with Crippen LogP contribution in [0, 0.1) is 0 Å². The van der Waals surface area contributed by atoms with Crippen molar-refractivity contribution < 1.29 is 9.53 Å². The first-order valence-electron chi connectivity index (χ1n) is 4.08. The zero-order chi connectivity index (χ0) is 10.1. The molecule has 0 spiro atoms. The van der Waals surface area contributed by atoms with Gasteiger partial charge in [-0.25, -0.2) is 4.79 Å². The number of hydrogen-bond acceptors (Lipinski definition) is 2. The van der Waals surface area contributed by atoms with Crippen LogP contribution in [0.5, 0.6) is 0 Å². The van der Waals surface area contributed by atoms with Crippen LogP contribution in [0.4, 0.5) is 0 Å². The van der Waals surface area contributed by atoms with Crippen LogP contribution in [0.2, 0.25) is 0 Å². The molecule has 1 aromatic heterocycles. The van der Waals surface area contributed by atoms with E-state index in [4.69, 9.17) is 11.8 Å². The minimum Gasteiger partial charge on any atom is -0.465 e. The first-order chi connectivity index (χ1) is 6.74. The molecule has 0 aliphatic rings. The fraction of sp³-hybridized carbons (Fsp3) is 0.100. The van der Waals surface area contributed by atoms with Crippen LogP contribution in [0.25, 0.3) is 10.9 Å². The molecule has 2 rings (SSSR count). The number of ether oxygens (including phenoxy) is 1. The number of benzene rings is 1. The Labute approximate surface area is 86.0 Å². The van der Waals surface area contributed by atoms with E-state index in [9.17, 15) is 4.79 Å². The quantitative estimate of drug-likeness (QED) is 0.676. The molecule has 0 fully saturated rings. The summed E-state index contributed by atoms with van der Waals surface area (Å²) in [6.45, 7) is 0. The molecule has 0 aliphatic heterocycles. The Morgan fingerprint density at radius 3 is 2.86 bits per heavy atom. The van der Waals surface area contributed by atoms with Gasteiger partial charge in [-0.05, 0) is 6.07 Å². The zero-order valence-electron chi connectivity index (χ0n) is 7.53. The number of para-hydroxylation sites is 1. The van der Waals surface area contributed by atoms with Crippen molar-refractivity contribution in [3.05, 3.63) is 36.0 Å². The number of methoxy groups -OCH3 is 1. The second-order valence-corrected chi connectivity index (χ2v) is 3.23. The second-order valence-electron chi connectivity index (χ2n) is 2.86. The molecule has 14 heavy (non-hydrogen) atoms. The molecule has 0 aliphatic carbocycles. The summed E-state index contributed by atoms with van der Waals surface area (Å²) in [5, 5.41) is 0.800. The van der Waals surface area contributed by atoms with Crippen molar-refractivity contribution in [3.8, 4) is 0 Å². The van der Waals surface area contributed by atoms with Crippen LogP contribution in [-0.4, -0.2) is 17.2 Å². The monoisotopic (exact) mass is 209 g/mol. The Morgan fingerprint density at radius 2 is 2.14 bits per heavy atom. The third-order valence-electron chi connectivity index (χ3n) is 2.07. The molecule has 4 heteroatoms. The van der Waals surface area contributed by atoms with Gasteiger partial charge in [0.2, 0.25) is 0 Å². The largest absolute Gasteiger partial charge is 0.465 e. The third kappa shape index (κ3) is 1.26. The topological polar surface area (TPSA) is 31.2 Å². The molecule has 0 radical (unpaired) electrons. The van der Waals surface area contributed by atoms with E-state index in [-0.39, 0.29) is 5.97 Å². The van der Waals surface area contributed by atoms with Gasteiger partial charge in [-0.2, -0.15) is 0 Å². The van der Waals surface area contributed by atoms with Crippen molar-refractivity contribution in [2.45, 2.75) is 0 Å². The Morgan fingerprint density at radius 1 is 1.43 bits per heavy atom. The first kappa shape index (κ1) is 9.09. The lowest BCUT2D eigenvalue weighted by Gasteiger charge is -1.94. The highest BCUT2D eigenvalue weighted by molar-refractivity contribution is 6.21. The van der Waals surface area contributed by atoms with Gasteiger partial charge in [-0.15, -0.1) is 0 Å². The van der Waals surface area contributed by atoms with Crippen LogP contribution >= 0.6 is 11.8 Å². The Balaban J connectivity index is 2.72. The number of carbonyl (C=O) groups is 1. The van der Waals surface area contributed by atoms with E-state index in [1.807, 2.05) is 24.3 Å². The number of fused-ring (bicyclic) bond motifs is 1. The molecular formula is C10H8ClNO2. The van der Waals surface area contributed by atoms with Crippen molar-refractivity contribution in [2.75, 3.05) is 7.11 Å². The molecular weight excluding hydrogens is 202 g/mol. The van der Waals surface area contributed by atoms with E-state index < -0.39 is 0 Å². The highest BCUT2D eigenvalue weighted by atomic mass is 35.5. The van der Waals surface area contributed by atoms with E-state index in [1.54, 1.807) is 6.20 Å². The summed E-state index contributed by atoms with van der Waals surface area (Å²) in [7, 11) is 1.35. The number of rotatable bonds is 1. The van der Waals surface area contributed by atoms with Crippen molar-refractivity contribution in [1.82, 2.24) is 4.09 Å². The van der Waals surface area contributed by atoms with Gasteiger partial charge in [0.05, 0.1) is 18.2 Å². The zero-order valence-corrected chi connectivity index (χ0v) is 8.28. The van der Waals surface area contributed by atoms with Gasteiger partial charge in [0, 0.05) is 23.4 Å². The first-order valence-corrected chi connectivity index (χ1v) is 4.42. The maximum Gasteiger partial charge on any atom is 0.340 e. The summed E-state index contributed by atoms with van der Waals surface area (Å²) < 4.78 is 6.04. The van der Waals surface area contributed by atoms with Crippen LogP contribution in [0.3, 0.4) is 0 Å². The van der Waals surface area contributed by atoms with Gasteiger partial charge in [0.15, 0.2) is 0 Å². The minimum absolute atomic E-state index is 0.374. The van der Waals surface area contributed by atoms with E-state index in [1.165, 1.54) is 11.2 Å². The number of nitrogens with zero attached hydrogens (tertiary/aromatic N) is 1. The van der Waals surface area contributed by atoms with E-state index in [2.05, 4.69) is 4.74 Å². The van der Waals surface area contributed by atoms with Crippen molar-refractivity contribution in [1.29, 1.82) is 0 Å². The maximum absolute atomic E-state index is 11.3. The standard InChI is InChI=1S/C10H8ClNO2/c1-14-10(13)8-6-12(11)9-5-3-2-4-7(8)9/h2-6H,1H3. The fourth-order valence-electron chi connectivity index (χ4n) is 1.41. The summed E-state index contributed by atoms with van der Waals surface area (Å²) in [5.41, 5.74) is 1.28. The van der Waals surface area contributed by atoms with Gasteiger partial charge in [-0.1, -0.05) is 18.2 Å². The molecule has 0 bridgehead atoms. The summed E-state index contributed by atoms with van der Waals surface area (Å²) in [5.74, 6) is -0.374. The number of aromatic nitrogens is 1. The maximum atomic E-state index is 11.3. The lowest BCUT2D eigenvalue weighted by Crippen LogP contribution is -1.99. The normalized spacial score (nSPS) is 10.4. The summed E-state index contributed by atoms with van der Waals surface area (Å²) in [4.78, 5) is 11.3. The lowest BCUT2D eigenvalue weighted by atomic mass is 10.2. The molecule has 1 heterocycles. The summed E-state index contributed by atoms with van der Waals surface area (Å²) in [6.07, 6.45) is 1.55.